The summed E-state index contributed by atoms with van der Waals surface area (Å²) >= 11 is 0. The lowest BCUT2D eigenvalue weighted by molar-refractivity contribution is -0.152. The summed E-state index contributed by atoms with van der Waals surface area (Å²) in [4.78, 5) is 94.1. The highest BCUT2D eigenvalue weighted by Crippen LogP contribution is 2.53. The van der Waals surface area contributed by atoms with Crippen molar-refractivity contribution < 1.29 is 24.0 Å². The van der Waals surface area contributed by atoms with Crippen LogP contribution in [-0.4, -0.2) is 134 Å². The first-order chi connectivity index (χ1) is 35.4. The zero-order valence-corrected chi connectivity index (χ0v) is 43.1. The Hall–Kier alpha value is -5.90. The third-order valence-electron chi connectivity index (χ3n) is 18.7. The van der Waals surface area contributed by atoms with Gasteiger partial charge in [0.2, 0.25) is 29.5 Å². The molecule has 2 N–H and O–H groups in total. The molecule has 73 heavy (non-hydrogen) atoms. The molecule has 1 spiro atoms. The Bertz CT molecular complexity index is 2790. The number of piperidine rings is 5. The topological polar surface area (TPSA) is 169 Å². The fourth-order valence-corrected chi connectivity index (χ4v) is 13.8. The minimum atomic E-state index is -0.687. The van der Waals surface area contributed by atoms with Gasteiger partial charge in [-0.1, -0.05) is 31.5 Å². The van der Waals surface area contributed by atoms with Crippen molar-refractivity contribution in [1.82, 2.24) is 39.5 Å². The Balaban J connectivity index is 0.714. The largest absolute Gasteiger partial charge is 0.366 e. The summed E-state index contributed by atoms with van der Waals surface area (Å²) < 4.78 is 2.20. The highest BCUT2D eigenvalue weighted by molar-refractivity contribution is 6.09. The van der Waals surface area contributed by atoms with Crippen LogP contribution in [0.2, 0.25) is 0 Å². The van der Waals surface area contributed by atoms with E-state index in [1.165, 1.54) is 19.3 Å². The number of amides is 5. The van der Waals surface area contributed by atoms with Crippen molar-refractivity contribution >= 4 is 57.9 Å². The van der Waals surface area contributed by atoms with Crippen LogP contribution < -0.4 is 20.4 Å². The van der Waals surface area contributed by atoms with E-state index >= 15 is 4.79 Å². The van der Waals surface area contributed by atoms with E-state index in [0.29, 0.717) is 89.9 Å². The molecule has 12 rings (SSSR count). The zero-order chi connectivity index (χ0) is 50.2. The lowest BCUT2D eigenvalue weighted by Crippen LogP contribution is -2.59. The number of hydrogen-bond acceptors (Lipinski definition) is 11. The summed E-state index contributed by atoms with van der Waals surface area (Å²) in [6.45, 7) is 12.4. The molecule has 6 aliphatic heterocycles. The van der Waals surface area contributed by atoms with Gasteiger partial charge in [0, 0.05) is 93.2 Å². The predicted molar refractivity (Wildman–Crippen MR) is 280 cm³/mol. The molecule has 0 bridgehead atoms. The molecule has 16 heteroatoms. The van der Waals surface area contributed by atoms with E-state index in [2.05, 4.69) is 84.8 Å². The average molecular weight is 992 g/mol. The Morgan fingerprint density at radius 3 is 2.22 bits per heavy atom. The van der Waals surface area contributed by atoms with E-state index in [1.807, 2.05) is 23.4 Å². The van der Waals surface area contributed by atoms with E-state index in [4.69, 9.17) is 9.97 Å². The van der Waals surface area contributed by atoms with Crippen molar-refractivity contribution in [3.05, 3.63) is 60.0 Å². The van der Waals surface area contributed by atoms with Crippen molar-refractivity contribution in [1.29, 1.82) is 0 Å². The SMILES string of the molecule is CCC1(C(=O)N2CCC3(CC2)C(=O)N(C2CC(N4CCCCC4)C2)c2cc(-c4cc5ncn(C(C)C)c5c(NC5CC5)n4)ccc23)CCN(C(=O)C2CCN(c3ccc([C@H]4CCC(=O)NC4=O)cn3)CC2)CC1. The standard InChI is InChI=1S/C57H73N11O5/c1-4-56(18-26-65(27-19-56)53(71)37-16-24-64(25-17-37)48-14-9-39(34-58-48)43-12-15-49(69)62-52(43)70)54(72)66-28-20-57(21-29-66)44-13-8-38(30-47(44)68(55(57)73)42-31-41(32-42)63-22-6-5-7-23-63)45-33-46-50(67(35-59-46)36(2)3)51(61-45)60-40-10-11-40/h8-9,13-14,30,33-37,40-43H,4-7,10-12,15-29,31-32H2,1-3H3,(H,60,61)(H,62,69,70)/t41?,42?,43-/m1/s1. The van der Waals surface area contributed by atoms with Crippen LogP contribution in [0.15, 0.2) is 48.9 Å². The zero-order valence-electron chi connectivity index (χ0n) is 43.1. The third kappa shape index (κ3) is 8.66. The summed E-state index contributed by atoms with van der Waals surface area (Å²) in [5, 5.41) is 6.14. The third-order valence-corrected chi connectivity index (χ3v) is 18.7. The molecule has 4 aromatic rings. The Morgan fingerprint density at radius 1 is 0.808 bits per heavy atom. The number of imide groups is 1. The maximum atomic E-state index is 15.3. The summed E-state index contributed by atoms with van der Waals surface area (Å²) in [7, 11) is 0. The number of rotatable bonds is 11. The molecular formula is C57H73N11O5. The molecule has 0 radical (unpaired) electrons. The van der Waals surface area contributed by atoms with Crippen molar-refractivity contribution in [3.63, 3.8) is 0 Å². The number of nitrogens with one attached hydrogen (secondary N) is 2. The molecule has 16 nitrogen and oxygen atoms in total. The lowest BCUT2D eigenvalue weighted by Gasteiger charge is -2.48. The van der Waals surface area contributed by atoms with Gasteiger partial charge in [0.15, 0.2) is 5.82 Å². The molecule has 1 atom stereocenters. The molecule has 9 heterocycles. The minimum Gasteiger partial charge on any atom is -0.366 e. The summed E-state index contributed by atoms with van der Waals surface area (Å²) in [5.41, 5.74) is 5.49. The number of nitrogens with zero attached hydrogens (tertiary/aromatic N) is 9. The normalized spacial score (nSPS) is 25.6. The van der Waals surface area contributed by atoms with Crippen molar-refractivity contribution in [2.24, 2.45) is 11.3 Å². The molecule has 8 aliphatic rings. The van der Waals surface area contributed by atoms with Crippen LogP contribution in [0.4, 0.5) is 17.3 Å². The maximum absolute atomic E-state index is 15.3. The van der Waals surface area contributed by atoms with Crippen LogP contribution in [0.3, 0.4) is 0 Å². The Morgan fingerprint density at radius 2 is 1.55 bits per heavy atom. The Kier molecular flexibility index (Phi) is 12.6. The molecule has 386 valence electrons. The van der Waals surface area contributed by atoms with E-state index < -0.39 is 10.8 Å². The van der Waals surface area contributed by atoms with Gasteiger partial charge in [-0.05, 0) is 146 Å². The fraction of sp³-hybridized carbons (Fsp3) is 0.614. The predicted octanol–water partition coefficient (Wildman–Crippen LogP) is 7.33. The second kappa shape index (κ2) is 19.1. The Labute approximate surface area is 429 Å². The van der Waals surface area contributed by atoms with Crippen LogP contribution in [0.1, 0.15) is 147 Å². The number of pyridine rings is 2. The van der Waals surface area contributed by atoms with Gasteiger partial charge in [0.05, 0.1) is 34.3 Å². The number of carbonyl (C=O) groups is 5. The first-order valence-electron chi connectivity index (χ1n) is 27.9. The number of fused-ring (bicyclic) bond motifs is 3. The number of hydrogen-bond donors (Lipinski definition) is 2. The van der Waals surface area contributed by atoms with E-state index in [9.17, 15) is 19.2 Å². The molecule has 7 fully saturated rings. The van der Waals surface area contributed by atoms with Gasteiger partial charge in [-0.15, -0.1) is 0 Å². The monoisotopic (exact) mass is 992 g/mol. The van der Waals surface area contributed by atoms with E-state index in [1.54, 1.807) is 6.20 Å². The van der Waals surface area contributed by atoms with Crippen LogP contribution >= 0.6 is 0 Å². The van der Waals surface area contributed by atoms with Crippen LogP contribution in [0.25, 0.3) is 22.3 Å². The van der Waals surface area contributed by atoms with Crippen molar-refractivity contribution in [2.75, 3.05) is 67.5 Å². The first-order valence-corrected chi connectivity index (χ1v) is 27.9. The molecule has 5 saturated heterocycles. The molecule has 5 amide bonds. The molecule has 3 aromatic heterocycles. The molecular weight excluding hydrogens is 919 g/mol. The second-order valence-corrected chi connectivity index (χ2v) is 23.2. The molecule has 2 aliphatic carbocycles. The number of imidazole rings is 1. The van der Waals surface area contributed by atoms with Gasteiger partial charge >= 0.3 is 0 Å². The highest BCUT2D eigenvalue weighted by Gasteiger charge is 2.57. The number of carbonyl (C=O) groups excluding carboxylic acids is 5. The number of aromatic nitrogens is 4. The lowest BCUT2D eigenvalue weighted by atomic mass is 9.71. The number of likely N-dealkylation sites (tertiary alicyclic amines) is 3. The quantitative estimate of drug-likeness (QED) is 0.144. The fourth-order valence-electron chi connectivity index (χ4n) is 13.8. The van der Waals surface area contributed by atoms with Gasteiger partial charge in [-0.2, -0.15) is 0 Å². The van der Waals surface area contributed by atoms with Gasteiger partial charge in [-0.25, -0.2) is 15.0 Å². The van der Waals surface area contributed by atoms with Crippen molar-refractivity contribution in [2.45, 2.75) is 159 Å². The average Bonchev–Trinajstić information content (AvgIpc) is 4.07. The smallest absolute Gasteiger partial charge is 0.238 e. The minimum absolute atomic E-state index is 0.0727. The van der Waals surface area contributed by atoms with Gasteiger partial charge in [-0.3, -0.25) is 29.3 Å². The summed E-state index contributed by atoms with van der Waals surface area (Å²) in [5.74, 6) is 1.33. The van der Waals surface area contributed by atoms with E-state index in [0.717, 1.165) is 109 Å². The van der Waals surface area contributed by atoms with Crippen LogP contribution in [-0.2, 0) is 29.4 Å². The van der Waals surface area contributed by atoms with Crippen LogP contribution in [0.5, 0.6) is 0 Å². The highest BCUT2D eigenvalue weighted by atomic mass is 16.2. The second-order valence-electron chi connectivity index (χ2n) is 23.2. The summed E-state index contributed by atoms with van der Waals surface area (Å²) in [6.07, 6.45) is 17.2. The summed E-state index contributed by atoms with van der Waals surface area (Å²) in [6, 6.07) is 13.9. The van der Waals surface area contributed by atoms with E-state index in [-0.39, 0.29) is 53.5 Å². The molecule has 2 saturated carbocycles. The van der Waals surface area contributed by atoms with Gasteiger partial charge in [0.25, 0.3) is 0 Å². The maximum Gasteiger partial charge on any atom is 0.238 e. The van der Waals surface area contributed by atoms with Gasteiger partial charge < -0.3 is 34.4 Å². The number of anilines is 3. The van der Waals surface area contributed by atoms with Crippen molar-refractivity contribution in [3.8, 4) is 11.3 Å². The molecule has 0 unspecified atom stereocenters. The van der Waals surface area contributed by atoms with Gasteiger partial charge in [0.1, 0.15) is 11.3 Å². The molecule has 1 aromatic carbocycles. The number of benzene rings is 1. The first kappa shape index (κ1) is 48.1. The van der Waals surface area contributed by atoms with Crippen LogP contribution in [0, 0.1) is 11.3 Å².